The molecular weight excluding hydrogens is 267 g/mol. The fourth-order valence-corrected chi connectivity index (χ4v) is 6.60. The quantitative estimate of drug-likeness (QED) is 0.524. The molecule has 14 heavy (non-hydrogen) atoms. The minimum absolute atomic E-state index is 0.940. The van der Waals surface area contributed by atoms with E-state index >= 15 is 0 Å². The molecule has 0 aromatic heterocycles. The van der Waals surface area contributed by atoms with Gasteiger partial charge in [-0.05, 0) is 0 Å². The van der Waals surface area contributed by atoms with E-state index in [2.05, 4.69) is 18.1 Å². The van der Waals surface area contributed by atoms with Gasteiger partial charge in [0.15, 0.2) is 0 Å². The van der Waals surface area contributed by atoms with Gasteiger partial charge in [-0.15, -0.1) is 30.3 Å². The molecule has 0 aromatic carbocycles. The molecule has 0 spiro atoms. The highest BCUT2D eigenvalue weighted by molar-refractivity contribution is 7.77. The molecule has 0 bridgehead atoms. The van der Waals surface area contributed by atoms with Gasteiger partial charge in [-0.25, -0.2) is 0 Å². The Labute approximate surface area is 77.8 Å². The van der Waals surface area contributed by atoms with E-state index in [-0.39, 0.29) is 0 Å². The second kappa shape index (κ2) is 3.72. The van der Waals surface area contributed by atoms with Gasteiger partial charge in [-0.2, -0.15) is 0 Å². The van der Waals surface area contributed by atoms with Crippen molar-refractivity contribution in [1.29, 1.82) is 0 Å². The Morgan fingerprint density at radius 2 is 1.21 bits per heavy atom. The monoisotopic (exact) mass is 273 g/mol. The lowest BCUT2D eigenvalue weighted by Gasteiger charge is -2.19. The van der Waals surface area contributed by atoms with E-state index in [4.69, 9.17) is 0 Å². The average Bonchev–Trinajstić information content (AvgIpc) is 1.98. The van der Waals surface area contributed by atoms with Crippen molar-refractivity contribution >= 4 is 23.3 Å². The largest absolute Gasteiger partial charge is 0.425 e. The van der Waals surface area contributed by atoms with Crippen LogP contribution in [0.4, 0.5) is 16.8 Å². The first-order valence-corrected chi connectivity index (χ1v) is 7.54. The molecule has 1 aliphatic heterocycles. The molecule has 0 atom stereocenters. The van der Waals surface area contributed by atoms with Crippen LogP contribution < -0.4 is 0 Å². The van der Waals surface area contributed by atoms with Crippen LogP contribution in [-0.4, -0.2) is 14.2 Å². The summed E-state index contributed by atoms with van der Waals surface area (Å²) in [6.45, 7) is 0. The summed E-state index contributed by atoms with van der Waals surface area (Å²) in [5, 5.41) is 0. The van der Waals surface area contributed by atoms with Crippen LogP contribution in [0.1, 0.15) is 0 Å². The number of hydrogen-bond donors (Lipinski definition) is 0. The zero-order valence-corrected chi connectivity index (χ0v) is 9.69. The van der Waals surface area contributed by atoms with Gasteiger partial charge < -0.3 is 9.05 Å². The predicted molar refractivity (Wildman–Crippen MR) is 46.5 cm³/mol. The molecule has 0 aliphatic carbocycles. The third-order valence-electron chi connectivity index (χ3n) is 1.13. The van der Waals surface area contributed by atoms with Gasteiger partial charge in [0.25, 0.3) is 0 Å². The van der Waals surface area contributed by atoms with E-state index in [1.807, 2.05) is 4.52 Å². The zero-order chi connectivity index (χ0) is 11.0. The summed E-state index contributed by atoms with van der Waals surface area (Å²) in [4.78, 5) is 0. The molecule has 0 amide bonds. The van der Waals surface area contributed by atoms with Crippen molar-refractivity contribution < 1.29 is 25.8 Å². The first-order chi connectivity index (χ1) is 6.24. The van der Waals surface area contributed by atoms with Gasteiger partial charge in [0.05, 0.1) is 0 Å². The molecule has 1 aliphatic rings. The van der Waals surface area contributed by atoms with E-state index in [1.54, 1.807) is 0 Å². The number of halogens is 4. The van der Waals surface area contributed by atoms with Gasteiger partial charge in [-0.3, -0.25) is 0 Å². The molecule has 1 rings (SSSR count). The Hall–Kier alpha value is 0.330. The number of nitrogens with zero attached hydrogens (tertiary/aromatic N) is 3. The maximum absolute atomic E-state index is 12.7. The van der Waals surface area contributed by atoms with E-state index in [0.717, 1.165) is 14.2 Å². The van der Waals surface area contributed by atoms with Crippen LogP contribution in [0, 0.1) is 0 Å². The molecule has 0 fully saturated rings. The van der Waals surface area contributed by atoms with Crippen LogP contribution in [0.5, 0.6) is 0 Å². The highest BCUT2D eigenvalue weighted by atomic mass is 31.3. The summed E-state index contributed by atoms with van der Waals surface area (Å²) in [6.07, 6.45) is 0. The summed E-state index contributed by atoms with van der Waals surface area (Å²) >= 11 is 0. The molecule has 0 aromatic rings. The average molecular weight is 273 g/mol. The number of hydrogen-bond acceptors (Lipinski definition) is 5. The molecular formula is C2H6F4N3O2P3. The summed E-state index contributed by atoms with van der Waals surface area (Å²) < 4.78 is 67.1. The standard InChI is InChI=1S/C2H6F4N3O2P3/c1-10-14(11-2)8-12(3,4)7-13(5,6)9-14/h1-2H3. The van der Waals surface area contributed by atoms with Crippen molar-refractivity contribution in [3.05, 3.63) is 0 Å². The van der Waals surface area contributed by atoms with Gasteiger partial charge >= 0.3 is 23.3 Å². The first-order valence-electron chi connectivity index (χ1n) is 3.06. The Morgan fingerprint density at radius 3 is 1.57 bits per heavy atom. The van der Waals surface area contributed by atoms with Crippen LogP contribution in [0.3, 0.4) is 0 Å². The topological polar surface area (TPSA) is 55.5 Å². The molecule has 0 N–H and O–H groups in total. The molecule has 0 unspecified atom stereocenters. The fraction of sp³-hybridized carbons (Fsp3) is 1.00. The first kappa shape index (κ1) is 12.4. The van der Waals surface area contributed by atoms with Crippen molar-refractivity contribution in [3.63, 3.8) is 0 Å². The summed E-state index contributed by atoms with van der Waals surface area (Å²) in [5.41, 5.74) is 0. The van der Waals surface area contributed by atoms with Crippen molar-refractivity contribution in [2.75, 3.05) is 14.2 Å². The molecule has 0 saturated heterocycles. The fourth-order valence-electron chi connectivity index (χ4n) is 0.676. The maximum atomic E-state index is 12.7. The minimum atomic E-state index is -5.36. The lowest BCUT2D eigenvalue weighted by Crippen LogP contribution is -1.86. The van der Waals surface area contributed by atoms with Crippen LogP contribution >= 0.6 is 23.3 Å². The molecule has 0 radical (unpaired) electrons. The number of rotatable bonds is 2. The van der Waals surface area contributed by atoms with Crippen LogP contribution in [0.2, 0.25) is 0 Å². The molecule has 0 saturated carbocycles. The van der Waals surface area contributed by atoms with E-state index in [1.165, 1.54) is 0 Å². The molecule has 5 nitrogen and oxygen atoms in total. The van der Waals surface area contributed by atoms with E-state index < -0.39 is 23.3 Å². The lowest BCUT2D eigenvalue weighted by molar-refractivity contribution is 0.329. The molecule has 84 valence electrons. The predicted octanol–water partition coefficient (Wildman–Crippen LogP) is 5.01. The van der Waals surface area contributed by atoms with Gasteiger partial charge in [0.1, 0.15) is 0 Å². The third kappa shape index (κ3) is 2.67. The summed E-state index contributed by atoms with van der Waals surface area (Å²) in [6, 6.07) is 0. The Kier molecular flexibility index (Phi) is 3.30. The maximum Gasteiger partial charge on any atom is 0.425 e. The summed E-state index contributed by atoms with van der Waals surface area (Å²) in [7, 11) is -12.7. The molecule has 12 heteroatoms. The SMILES string of the molecule is COP1(OC)=NP(F)(F)=NP(F)(F)=N1. The minimum Gasteiger partial charge on any atom is -0.310 e. The second-order valence-corrected chi connectivity index (χ2v) is 7.72. The van der Waals surface area contributed by atoms with Gasteiger partial charge in [0.2, 0.25) is 0 Å². The van der Waals surface area contributed by atoms with Crippen molar-refractivity contribution in [2.45, 2.75) is 0 Å². The van der Waals surface area contributed by atoms with Crippen LogP contribution in [0.15, 0.2) is 13.5 Å². The summed E-state index contributed by atoms with van der Waals surface area (Å²) in [5.74, 6) is 0. The lowest BCUT2D eigenvalue weighted by atomic mass is 11.8. The second-order valence-electron chi connectivity index (χ2n) is 2.04. The molecule has 1 heterocycles. The highest BCUT2D eigenvalue weighted by Gasteiger charge is 2.39. The smallest absolute Gasteiger partial charge is 0.310 e. The van der Waals surface area contributed by atoms with Crippen LogP contribution in [-0.2, 0) is 9.05 Å². The van der Waals surface area contributed by atoms with Crippen LogP contribution in [0.25, 0.3) is 0 Å². The van der Waals surface area contributed by atoms with Gasteiger partial charge in [-0.1, -0.05) is 0 Å². The Bertz CT molecular complexity index is 379. The van der Waals surface area contributed by atoms with Crippen molar-refractivity contribution in [2.24, 2.45) is 13.5 Å². The third-order valence-corrected chi connectivity index (χ3v) is 7.34. The van der Waals surface area contributed by atoms with E-state index in [0.29, 0.717) is 0 Å². The zero-order valence-electron chi connectivity index (χ0n) is 7.01. The Morgan fingerprint density at radius 1 is 0.786 bits per heavy atom. The van der Waals surface area contributed by atoms with Crippen molar-refractivity contribution in [3.8, 4) is 0 Å². The highest BCUT2D eigenvalue weighted by Crippen LogP contribution is 2.81. The van der Waals surface area contributed by atoms with E-state index in [9.17, 15) is 16.8 Å². The van der Waals surface area contributed by atoms with Crippen molar-refractivity contribution in [1.82, 2.24) is 0 Å². The normalized spacial score (nSPS) is 27.0. The Balaban J connectivity index is 3.46. The van der Waals surface area contributed by atoms with Gasteiger partial charge in [0, 0.05) is 14.2 Å².